The van der Waals surface area contributed by atoms with Gasteiger partial charge in [0.25, 0.3) is 0 Å². The first-order valence-corrected chi connectivity index (χ1v) is 10.8. The number of nitrogens with zero attached hydrogens (tertiary/aromatic N) is 3. The number of pyridine rings is 2. The lowest BCUT2D eigenvalue weighted by molar-refractivity contribution is 0.0147. The van der Waals surface area contributed by atoms with Gasteiger partial charge in [-0.3, -0.25) is 4.90 Å². The predicted molar refractivity (Wildman–Crippen MR) is 124 cm³/mol. The van der Waals surface area contributed by atoms with Crippen molar-refractivity contribution < 1.29 is 14.9 Å². The van der Waals surface area contributed by atoms with Crippen molar-refractivity contribution in [2.24, 2.45) is 0 Å². The van der Waals surface area contributed by atoms with Gasteiger partial charge in [-0.1, -0.05) is 48.0 Å². The summed E-state index contributed by atoms with van der Waals surface area (Å²) < 4.78 is 5.29. The van der Waals surface area contributed by atoms with Crippen molar-refractivity contribution in [3.05, 3.63) is 88.3 Å². The molecule has 1 unspecified atom stereocenters. The number of hydrogen-bond donors (Lipinski definition) is 3. The molecule has 32 heavy (non-hydrogen) atoms. The predicted octanol–water partition coefficient (Wildman–Crippen LogP) is 3.13. The molecule has 0 radical (unpaired) electrons. The molecule has 0 aliphatic rings. The van der Waals surface area contributed by atoms with Crippen LogP contribution in [0.5, 0.6) is 5.88 Å². The van der Waals surface area contributed by atoms with Gasteiger partial charge in [-0.05, 0) is 43.3 Å². The molecule has 3 rings (SSSR count). The van der Waals surface area contributed by atoms with Crippen LogP contribution in [0, 0.1) is 0 Å². The second kappa shape index (κ2) is 11.9. The van der Waals surface area contributed by atoms with E-state index in [9.17, 15) is 10.2 Å². The van der Waals surface area contributed by atoms with Crippen LogP contribution in [0.3, 0.4) is 0 Å². The first-order valence-electron chi connectivity index (χ1n) is 10.4. The van der Waals surface area contributed by atoms with Gasteiger partial charge in [-0.15, -0.1) is 0 Å². The Morgan fingerprint density at radius 3 is 2.50 bits per heavy atom. The number of aromatic nitrogens is 2. The molecule has 0 spiro atoms. The molecule has 2 heterocycles. The Bertz CT molecular complexity index is 970. The summed E-state index contributed by atoms with van der Waals surface area (Å²) in [6, 6.07) is 15.1. The van der Waals surface area contributed by atoms with E-state index in [4.69, 9.17) is 16.3 Å². The average molecular weight is 457 g/mol. The van der Waals surface area contributed by atoms with Gasteiger partial charge < -0.3 is 20.3 Å². The Balaban J connectivity index is 1.46. The number of benzene rings is 1. The molecule has 0 aliphatic carbocycles. The van der Waals surface area contributed by atoms with Crippen molar-refractivity contribution in [2.75, 3.05) is 27.2 Å². The maximum atomic E-state index is 10.7. The van der Waals surface area contributed by atoms with Crippen LogP contribution in [0.15, 0.2) is 60.9 Å². The Morgan fingerprint density at radius 2 is 1.81 bits per heavy atom. The number of aliphatic hydroxyl groups is 2. The molecule has 0 amide bonds. The number of methoxy groups -OCH3 is 1. The van der Waals surface area contributed by atoms with Crippen LogP contribution in [-0.4, -0.2) is 52.3 Å². The third-order valence-electron chi connectivity index (χ3n) is 5.22. The molecular formula is C24H29ClN4O3. The van der Waals surface area contributed by atoms with E-state index in [1.54, 1.807) is 31.6 Å². The first-order chi connectivity index (χ1) is 15.5. The van der Waals surface area contributed by atoms with Gasteiger partial charge in [0, 0.05) is 36.6 Å². The topological polar surface area (TPSA) is 90.7 Å². The molecule has 7 nitrogen and oxygen atoms in total. The summed E-state index contributed by atoms with van der Waals surface area (Å²) in [6.45, 7) is 1.67. The summed E-state index contributed by atoms with van der Waals surface area (Å²) in [6.07, 6.45) is 2.70. The van der Waals surface area contributed by atoms with Gasteiger partial charge in [0.05, 0.1) is 13.2 Å². The fourth-order valence-corrected chi connectivity index (χ4v) is 3.48. The second-order valence-corrected chi connectivity index (χ2v) is 7.97. The highest BCUT2D eigenvalue weighted by Gasteiger charge is 2.16. The highest BCUT2D eigenvalue weighted by atomic mass is 35.5. The SMILES string of the molecule is COc1ncccc1CN(C)C(O)c1ccc(CCNC[C@H](O)c2ccc(Cl)nc2)cc1. The largest absolute Gasteiger partial charge is 0.481 e. The molecule has 3 aromatic rings. The number of ether oxygens (including phenoxy) is 1. The van der Waals surface area contributed by atoms with Crippen molar-refractivity contribution in [1.29, 1.82) is 0 Å². The maximum absolute atomic E-state index is 10.7. The van der Waals surface area contributed by atoms with E-state index >= 15 is 0 Å². The molecule has 0 aliphatic heterocycles. The van der Waals surface area contributed by atoms with Crippen molar-refractivity contribution >= 4 is 11.6 Å². The van der Waals surface area contributed by atoms with Crippen molar-refractivity contribution in [3.8, 4) is 5.88 Å². The van der Waals surface area contributed by atoms with Crippen molar-refractivity contribution in [2.45, 2.75) is 25.3 Å². The van der Waals surface area contributed by atoms with Crippen LogP contribution in [0.1, 0.15) is 34.6 Å². The summed E-state index contributed by atoms with van der Waals surface area (Å²) in [7, 11) is 3.45. The Morgan fingerprint density at radius 1 is 1.06 bits per heavy atom. The van der Waals surface area contributed by atoms with E-state index in [1.807, 2.05) is 48.3 Å². The molecular weight excluding hydrogens is 428 g/mol. The summed E-state index contributed by atoms with van der Waals surface area (Å²) >= 11 is 5.77. The highest BCUT2D eigenvalue weighted by molar-refractivity contribution is 6.29. The Kier molecular flexibility index (Phi) is 8.96. The molecule has 2 atom stereocenters. The summed E-state index contributed by atoms with van der Waals surface area (Å²) in [5.41, 5.74) is 3.61. The minimum atomic E-state index is -0.741. The molecule has 170 valence electrons. The minimum absolute atomic E-state index is 0.408. The van der Waals surface area contributed by atoms with Crippen LogP contribution >= 0.6 is 11.6 Å². The zero-order chi connectivity index (χ0) is 22.9. The molecule has 0 bridgehead atoms. The Labute approximate surface area is 193 Å². The summed E-state index contributed by atoms with van der Waals surface area (Å²) in [4.78, 5) is 10.0. The van der Waals surface area contributed by atoms with Crippen LogP contribution < -0.4 is 10.1 Å². The molecule has 0 fully saturated rings. The van der Waals surface area contributed by atoms with Gasteiger partial charge in [0.1, 0.15) is 11.4 Å². The van der Waals surface area contributed by atoms with E-state index in [0.29, 0.717) is 24.1 Å². The summed E-state index contributed by atoms with van der Waals surface area (Å²) in [5, 5.41) is 24.6. The van der Waals surface area contributed by atoms with Gasteiger partial charge in [-0.2, -0.15) is 0 Å². The van der Waals surface area contributed by atoms with Crippen LogP contribution in [0.2, 0.25) is 5.15 Å². The summed E-state index contributed by atoms with van der Waals surface area (Å²) in [5.74, 6) is 0.562. The van der Waals surface area contributed by atoms with Gasteiger partial charge in [-0.25, -0.2) is 9.97 Å². The van der Waals surface area contributed by atoms with E-state index in [1.165, 1.54) is 0 Å². The molecule has 2 aromatic heterocycles. The fraction of sp³-hybridized carbons (Fsp3) is 0.333. The smallest absolute Gasteiger partial charge is 0.217 e. The monoisotopic (exact) mass is 456 g/mol. The third kappa shape index (κ3) is 6.72. The minimum Gasteiger partial charge on any atom is -0.481 e. The quantitative estimate of drug-likeness (QED) is 0.232. The van der Waals surface area contributed by atoms with Crippen LogP contribution in [0.4, 0.5) is 0 Å². The van der Waals surface area contributed by atoms with Gasteiger partial charge in [0.2, 0.25) is 5.88 Å². The van der Waals surface area contributed by atoms with Gasteiger partial charge in [0.15, 0.2) is 0 Å². The molecule has 1 aromatic carbocycles. The Hall–Kier alpha value is -2.55. The van der Waals surface area contributed by atoms with E-state index in [0.717, 1.165) is 35.2 Å². The molecule has 0 saturated heterocycles. The number of hydrogen-bond acceptors (Lipinski definition) is 7. The van der Waals surface area contributed by atoms with Gasteiger partial charge >= 0.3 is 0 Å². The van der Waals surface area contributed by atoms with E-state index in [2.05, 4.69) is 15.3 Å². The zero-order valence-electron chi connectivity index (χ0n) is 18.3. The normalized spacial score (nSPS) is 13.2. The second-order valence-electron chi connectivity index (χ2n) is 7.59. The number of aliphatic hydroxyl groups excluding tert-OH is 2. The number of halogens is 1. The molecule has 8 heteroatoms. The van der Waals surface area contributed by atoms with Crippen molar-refractivity contribution in [3.63, 3.8) is 0 Å². The zero-order valence-corrected chi connectivity index (χ0v) is 19.0. The lowest BCUT2D eigenvalue weighted by Gasteiger charge is -2.24. The number of rotatable bonds is 11. The fourth-order valence-electron chi connectivity index (χ4n) is 3.37. The number of nitrogens with one attached hydrogen (secondary N) is 1. The van der Waals surface area contributed by atoms with Crippen LogP contribution in [-0.2, 0) is 13.0 Å². The van der Waals surface area contributed by atoms with E-state index in [-0.39, 0.29) is 0 Å². The molecule has 3 N–H and O–H groups in total. The highest BCUT2D eigenvalue weighted by Crippen LogP contribution is 2.22. The lowest BCUT2D eigenvalue weighted by Crippen LogP contribution is -2.24. The standard InChI is InChI=1S/C24H29ClN4O3/c1-29(16-20-4-3-12-27-23(20)32-2)24(31)18-7-5-17(6-8-18)11-13-26-15-21(30)19-9-10-22(25)28-14-19/h3-10,12,14,21,24,26,30-31H,11,13,15-16H2,1-2H3/t21-,24?/m0/s1. The van der Waals surface area contributed by atoms with E-state index < -0.39 is 12.3 Å². The lowest BCUT2D eigenvalue weighted by atomic mass is 10.1. The molecule has 0 saturated carbocycles. The van der Waals surface area contributed by atoms with Crippen molar-refractivity contribution in [1.82, 2.24) is 20.2 Å². The first kappa shape index (κ1) is 24.1. The maximum Gasteiger partial charge on any atom is 0.217 e. The average Bonchev–Trinajstić information content (AvgIpc) is 2.82. The third-order valence-corrected chi connectivity index (χ3v) is 5.45. The van der Waals surface area contributed by atoms with Crippen LogP contribution in [0.25, 0.3) is 0 Å².